The molecule has 1 aliphatic heterocycles. The molecule has 2 aromatic rings. The van der Waals surface area contributed by atoms with E-state index in [2.05, 4.69) is 5.32 Å². The van der Waals surface area contributed by atoms with Crippen LogP contribution in [0.1, 0.15) is 33.8 Å². The van der Waals surface area contributed by atoms with Gasteiger partial charge in [0.05, 0.1) is 13.7 Å². The molecule has 3 rings (SSSR count). The van der Waals surface area contributed by atoms with Gasteiger partial charge in [0.1, 0.15) is 0 Å². The molecule has 1 unspecified atom stereocenters. The van der Waals surface area contributed by atoms with Crippen molar-refractivity contribution in [1.29, 1.82) is 0 Å². The number of rotatable bonds is 6. The van der Waals surface area contributed by atoms with Gasteiger partial charge >= 0.3 is 0 Å². The third-order valence-corrected chi connectivity index (χ3v) is 4.47. The van der Waals surface area contributed by atoms with Gasteiger partial charge in [-0.25, -0.2) is 4.39 Å². The molecule has 2 aromatic carbocycles. The van der Waals surface area contributed by atoms with Gasteiger partial charge in [-0.2, -0.15) is 0 Å². The number of amides is 1. The minimum Gasteiger partial charge on any atom is -0.494 e. The van der Waals surface area contributed by atoms with Crippen LogP contribution in [0.15, 0.2) is 42.5 Å². The summed E-state index contributed by atoms with van der Waals surface area (Å²) in [7, 11) is 1.43. The molecule has 0 radical (unpaired) electrons. The monoisotopic (exact) mass is 343 g/mol. The Morgan fingerprint density at radius 2 is 2.20 bits per heavy atom. The molecule has 5 heteroatoms. The topological polar surface area (TPSA) is 47.6 Å². The zero-order valence-corrected chi connectivity index (χ0v) is 14.3. The van der Waals surface area contributed by atoms with Crippen LogP contribution in [-0.4, -0.2) is 32.8 Å². The lowest BCUT2D eigenvalue weighted by atomic mass is 9.96. The highest BCUT2D eigenvalue weighted by molar-refractivity contribution is 5.94. The zero-order chi connectivity index (χ0) is 17.6. The molecule has 1 N–H and O–H groups in total. The van der Waals surface area contributed by atoms with E-state index in [9.17, 15) is 9.18 Å². The SMILES string of the molecule is COc1ccc(CCNC(=O)c2cccc(C3CCOC3)c2)cc1F. The molecule has 1 aliphatic rings. The first-order chi connectivity index (χ1) is 12.2. The normalized spacial score (nSPS) is 16.6. The highest BCUT2D eigenvalue weighted by Gasteiger charge is 2.18. The van der Waals surface area contributed by atoms with Crippen LogP contribution in [0.5, 0.6) is 5.75 Å². The maximum absolute atomic E-state index is 13.7. The lowest BCUT2D eigenvalue weighted by Gasteiger charge is -2.11. The van der Waals surface area contributed by atoms with Gasteiger partial charge in [-0.15, -0.1) is 0 Å². The second kappa shape index (κ2) is 8.12. The summed E-state index contributed by atoms with van der Waals surface area (Å²) < 4.78 is 24.0. The van der Waals surface area contributed by atoms with Gasteiger partial charge in [-0.3, -0.25) is 4.79 Å². The first kappa shape index (κ1) is 17.4. The van der Waals surface area contributed by atoms with E-state index < -0.39 is 5.82 Å². The van der Waals surface area contributed by atoms with Crippen LogP contribution < -0.4 is 10.1 Å². The Balaban J connectivity index is 1.55. The van der Waals surface area contributed by atoms with E-state index in [1.165, 1.54) is 13.2 Å². The quantitative estimate of drug-likeness (QED) is 0.875. The first-order valence-corrected chi connectivity index (χ1v) is 8.45. The molecule has 1 amide bonds. The van der Waals surface area contributed by atoms with Crippen molar-refractivity contribution in [2.75, 3.05) is 26.9 Å². The molecule has 0 bridgehead atoms. The van der Waals surface area contributed by atoms with E-state index in [4.69, 9.17) is 9.47 Å². The third kappa shape index (κ3) is 4.37. The number of hydrogen-bond donors (Lipinski definition) is 1. The highest BCUT2D eigenvalue weighted by atomic mass is 19.1. The Morgan fingerprint density at radius 3 is 2.92 bits per heavy atom. The number of carbonyl (C=O) groups is 1. The predicted molar refractivity (Wildman–Crippen MR) is 93.6 cm³/mol. The number of benzene rings is 2. The fraction of sp³-hybridized carbons (Fsp3) is 0.350. The molecule has 25 heavy (non-hydrogen) atoms. The van der Waals surface area contributed by atoms with Crippen LogP contribution in [0.4, 0.5) is 4.39 Å². The van der Waals surface area contributed by atoms with E-state index in [0.717, 1.165) is 24.2 Å². The van der Waals surface area contributed by atoms with Crippen LogP contribution in [0.25, 0.3) is 0 Å². The van der Waals surface area contributed by atoms with Gasteiger partial charge in [-0.05, 0) is 48.2 Å². The molecule has 0 saturated carbocycles. The van der Waals surface area contributed by atoms with E-state index >= 15 is 0 Å². The predicted octanol–water partition coefficient (Wildman–Crippen LogP) is 3.31. The van der Waals surface area contributed by atoms with Crippen LogP contribution in [0, 0.1) is 5.82 Å². The Kier molecular flexibility index (Phi) is 5.66. The molecule has 0 aliphatic carbocycles. The van der Waals surface area contributed by atoms with E-state index in [-0.39, 0.29) is 11.7 Å². The standard InChI is InChI=1S/C20H22FNO3/c1-24-19-6-5-14(11-18(19)21)7-9-22-20(23)16-4-2-3-15(12-16)17-8-10-25-13-17/h2-6,11-12,17H,7-10,13H2,1H3,(H,22,23). The van der Waals surface area contributed by atoms with Crippen molar-refractivity contribution in [2.45, 2.75) is 18.8 Å². The number of nitrogens with one attached hydrogen (secondary N) is 1. The fourth-order valence-corrected chi connectivity index (χ4v) is 3.02. The smallest absolute Gasteiger partial charge is 0.251 e. The Morgan fingerprint density at radius 1 is 1.32 bits per heavy atom. The zero-order valence-electron chi connectivity index (χ0n) is 14.3. The number of hydrogen-bond acceptors (Lipinski definition) is 3. The van der Waals surface area contributed by atoms with E-state index in [1.807, 2.05) is 24.3 Å². The van der Waals surface area contributed by atoms with Gasteiger partial charge in [0.2, 0.25) is 0 Å². The molecule has 1 heterocycles. The first-order valence-electron chi connectivity index (χ1n) is 8.45. The third-order valence-electron chi connectivity index (χ3n) is 4.47. The summed E-state index contributed by atoms with van der Waals surface area (Å²) >= 11 is 0. The van der Waals surface area contributed by atoms with Crippen molar-refractivity contribution in [3.8, 4) is 5.75 Å². The van der Waals surface area contributed by atoms with Gasteiger partial charge in [0.15, 0.2) is 11.6 Å². The Hall–Kier alpha value is -2.40. The van der Waals surface area contributed by atoms with Gasteiger partial charge in [-0.1, -0.05) is 18.2 Å². The molecule has 0 spiro atoms. The number of ether oxygens (including phenoxy) is 2. The van der Waals surface area contributed by atoms with Gasteiger partial charge in [0, 0.05) is 24.6 Å². The molecule has 132 valence electrons. The van der Waals surface area contributed by atoms with Crippen molar-refractivity contribution >= 4 is 5.91 Å². The van der Waals surface area contributed by atoms with Crippen molar-refractivity contribution < 1.29 is 18.7 Å². The van der Waals surface area contributed by atoms with Crippen LogP contribution in [0.3, 0.4) is 0 Å². The summed E-state index contributed by atoms with van der Waals surface area (Å²) in [6.45, 7) is 1.94. The van der Waals surface area contributed by atoms with Crippen LogP contribution in [0.2, 0.25) is 0 Å². The largest absolute Gasteiger partial charge is 0.494 e. The molecular weight excluding hydrogens is 321 g/mol. The summed E-state index contributed by atoms with van der Waals surface area (Å²) in [6.07, 6.45) is 1.55. The Bertz CT molecular complexity index is 741. The van der Waals surface area contributed by atoms with Crippen LogP contribution in [-0.2, 0) is 11.2 Å². The van der Waals surface area contributed by atoms with Crippen molar-refractivity contribution in [3.05, 3.63) is 65.0 Å². The summed E-state index contributed by atoms with van der Waals surface area (Å²) in [6, 6.07) is 12.5. The van der Waals surface area contributed by atoms with Crippen molar-refractivity contribution in [3.63, 3.8) is 0 Å². The lowest BCUT2D eigenvalue weighted by molar-refractivity contribution is 0.0954. The van der Waals surface area contributed by atoms with Gasteiger partial charge < -0.3 is 14.8 Å². The molecule has 1 saturated heterocycles. The average molecular weight is 343 g/mol. The summed E-state index contributed by atoms with van der Waals surface area (Å²) in [5.74, 6) is 0.0862. The number of methoxy groups -OCH3 is 1. The molecular formula is C20H22FNO3. The molecule has 1 fully saturated rings. The second-order valence-corrected chi connectivity index (χ2v) is 6.16. The lowest BCUT2D eigenvalue weighted by Crippen LogP contribution is -2.25. The van der Waals surface area contributed by atoms with Gasteiger partial charge in [0.25, 0.3) is 5.91 Å². The minimum absolute atomic E-state index is 0.116. The van der Waals surface area contributed by atoms with E-state index in [1.54, 1.807) is 12.1 Å². The molecule has 4 nitrogen and oxygen atoms in total. The van der Waals surface area contributed by atoms with E-state index in [0.29, 0.717) is 31.1 Å². The maximum atomic E-state index is 13.7. The number of halogens is 1. The molecule has 1 atom stereocenters. The summed E-state index contributed by atoms with van der Waals surface area (Å²) in [5.41, 5.74) is 2.60. The maximum Gasteiger partial charge on any atom is 0.251 e. The number of carbonyl (C=O) groups excluding carboxylic acids is 1. The summed E-state index contributed by atoms with van der Waals surface area (Å²) in [4.78, 5) is 12.3. The molecule has 0 aromatic heterocycles. The summed E-state index contributed by atoms with van der Waals surface area (Å²) in [5, 5.41) is 2.89. The highest BCUT2D eigenvalue weighted by Crippen LogP contribution is 2.25. The Labute approximate surface area is 147 Å². The average Bonchev–Trinajstić information content (AvgIpc) is 3.17. The van der Waals surface area contributed by atoms with Crippen molar-refractivity contribution in [1.82, 2.24) is 5.32 Å². The fourth-order valence-electron chi connectivity index (χ4n) is 3.02. The minimum atomic E-state index is -0.391. The van der Waals surface area contributed by atoms with Crippen LogP contribution >= 0.6 is 0 Å². The second-order valence-electron chi connectivity index (χ2n) is 6.16. The van der Waals surface area contributed by atoms with Crippen molar-refractivity contribution in [2.24, 2.45) is 0 Å².